The smallest absolute Gasteiger partial charge is 0.237 e. The van der Waals surface area contributed by atoms with Crippen LogP contribution < -0.4 is 5.73 Å². The quantitative estimate of drug-likeness (QED) is 0.666. The van der Waals surface area contributed by atoms with Crippen molar-refractivity contribution in [2.75, 3.05) is 26.7 Å². The molecular formula is C13H23N3O2. The standard InChI is InChI=1S/C13H23N3O2/c1-9(2)11-13(5-4-6-15(13)3)8-16(11)10(7-17)12(14)18/h10-11,17H,1,4-8H2,2-3H3,(H2,14,18)/t10-,11?,13?/m0/s1. The molecule has 2 rings (SSSR count). The summed E-state index contributed by atoms with van der Waals surface area (Å²) < 4.78 is 0. The SMILES string of the molecule is C=C(C)C1N([C@@H](CO)C(N)=O)CC12CCCN2C. The van der Waals surface area contributed by atoms with Crippen LogP contribution in [0.4, 0.5) is 0 Å². The van der Waals surface area contributed by atoms with Gasteiger partial charge in [0, 0.05) is 6.54 Å². The predicted molar refractivity (Wildman–Crippen MR) is 70.0 cm³/mol. The van der Waals surface area contributed by atoms with E-state index < -0.39 is 11.9 Å². The van der Waals surface area contributed by atoms with Crippen molar-refractivity contribution in [2.45, 2.75) is 37.4 Å². The summed E-state index contributed by atoms with van der Waals surface area (Å²) in [7, 11) is 2.12. The van der Waals surface area contributed by atoms with Crippen LogP contribution in [0.3, 0.4) is 0 Å². The van der Waals surface area contributed by atoms with Crippen molar-refractivity contribution in [3.8, 4) is 0 Å². The van der Waals surface area contributed by atoms with E-state index in [0.717, 1.165) is 25.1 Å². The first-order chi connectivity index (χ1) is 8.44. The van der Waals surface area contributed by atoms with Crippen LogP contribution >= 0.6 is 0 Å². The first-order valence-corrected chi connectivity index (χ1v) is 6.46. The molecule has 2 aliphatic rings. The number of hydrogen-bond acceptors (Lipinski definition) is 4. The lowest BCUT2D eigenvalue weighted by atomic mass is 9.73. The third-order valence-corrected chi connectivity index (χ3v) is 4.53. The number of aliphatic hydroxyl groups excluding tert-OH is 1. The number of hydrogen-bond donors (Lipinski definition) is 2. The number of likely N-dealkylation sites (N-methyl/N-ethyl adjacent to an activating group) is 1. The minimum Gasteiger partial charge on any atom is -0.394 e. The maximum atomic E-state index is 11.4. The zero-order valence-electron chi connectivity index (χ0n) is 11.2. The van der Waals surface area contributed by atoms with Gasteiger partial charge in [0.2, 0.25) is 5.91 Å². The zero-order valence-corrected chi connectivity index (χ0v) is 11.2. The highest BCUT2D eigenvalue weighted by Crippen LogP contribution is 2.45. The summed E-state index contributed by atoms with van der Waals surface area (Å²) in [6.45, 7) is 7.69. The summed E-state index contributed by atoms with van der Waals surface area (Å²) in [5.74, 6) is -0.459. The third kappa shape index (κ3) is 1.77. The van der Waals surface area contributed by atoms with E-state index >= 15 is 0 Å². The highest BCUT2D eigenvalue weighted by molar-refractivity contribution is 5.80. The van der Waals surface area contributed by atoms with E-state index in [9.17, 15) is 9.90 Å². The molecule has 0 bridgehead atoms. The van der Waals surface area contributed by atoms with Crippen molar-refractivity contribution in [3.63, 3.8) is 0 Å². The Balaban J connectivity index is 2.22. The molecule has 0 aromatic rings. The fourth-order valence-corrected chi connectivity index (χ4v) is 3.66. The van der Waals surface area contributed by atoms with Gasteiger partial charge < -0.3 is 10.8 Å². The lowest BCUT2D eigenvalue weighted by Gasteiger charge is -2.61. The van der Waals surface area contributed by atoms with E-state index in [1.54, 1.807) is 0 Å². The molecule has 3 N–H and O–H groups in total. The molecule has 0 aromatic carbocycles. The van der Waals surface area contributed by atoms with Gasteiger partial charge in [-0.3, -0.25) is 14.6 Å². The van der Waals surface area contributed by atoms with E-state index in [4.69, 9.17) is 5.73 Å². The van der Waals surface area contributed by atoms with Gasteiger partial charge in [-0.2, -0.15) is 0 Å². The molecule has 1 spiro atoms. The highest BCUT2D eigenvalue weighted by Gasteiger charge is 2.59. The average Bonchev–Trinajstić information content (AvgIpc) is 2.60. The van der Waals surface area contributed by atoms with Crippen LogP contribution in [0, 0.1) is 0 Å². The number of nitrogens with zero attached hydrogens (tertiary/aromatic N) is 2. The number of nitrogens with two attached hydrogens (primary N) is 1. The van der Waals surface area contributed by atoms with E-state index in [-0.39, 0.29) is 18.2 Å². The number of amides is 1. The Morgan fingerprint density at radius 3 is 2.72 bits per heavy atom. The fraction of sp³-hybridized carbons (Fsp3) is 0.769. The second kappa shape index (κ2) is 4.64. The molecule has 0 aromatic heterocycles. The van der Waals surface area contributed by atoms with Crippen LogP contribution in [0.2, 0.25) is 0 Å². The second-order valence-electron chi connectivity index (χ2n) is 5.65. The maximum Gasteiger partial charge on any atom is 0.237 e. The first kappa shape index (κ1) is 13.5. The Labute approximate surface area is 108 Å². The fourth-order valence-electron chi connectivity index (χ4n) is 3.66. The van der Waals surface area contributed by atoms with E-state index in [1.165, 1.54) is 6.42 Å². The van der Waals surface area contributed by atoms with Crippen molar-refractivity contribution in [3.05, 3.63) is 12.2 Å². The Hall–Kier alpha value is -0.910. The van der Waals surface area contributed by atoms with Gasteiger partial charge in [-0.05, 0) is 33.4 Å². The summed E-state index contributed by atoms with van der Waals surface area (Å²) in [5, 5.41) is 9.34. The van der Waals surface area contributed by atoms with E-state index in [0.29, 0.717) is 0 Å². The second-order valence-corrected chi connectivity index (χ2v) is 5.65. The van der Waals surface area contributed by atoms with Crippen LogP contribution in [0.1, 0.15) is 19.8 Å². The lowest BCUT2D eigenvalue weighted by molar-refractivity contribution is -0.139. The molecule has 5 nitrogen and oxygen atoms in total. The van der Waals surface area contributed by atoms with Crippen molar-refractivity contribution < 1.29 is 9.90 Å². The van der Waals surface area contributed by atoms with Crippen molar-refractivity contribution in [1.29, 1.82) is 0 Å². The molecule has 2 aliphatic heterocycles. The number of carbonyl (C=O) groups is 1. The van der Waals surface area contributed by atoms with E-state index in [1.807, 2.05) is 11.8 Å². The minimum atomic E-state index is -0.591. The van der Waals surface area contributed by atoms with Crippen LogP contribution in [-0.2, 0) is 4.79 Å². The van der Waals surface area contributed by atoms with Gasteiger partial charge in [0.1, 0.15) is 6.04 Å². The Morgan fingerprint density at radius 2 is 2.33 bits per heavy atom. The van der Waals surface area contributed by atoms with Crippen LogP contribution in [0.5, 0.6) is 0 Å². The largest absolute Gasteiger partial charge is 0.394 e. The van der Waals surface area contributed by atoms with Crippen LogP contribution in [0.15, 0.2) is 12.2 Å². The topological polar surface area (TPSA) is 69.8 Å². The van der Waals surface area contributed by atoms with Gasteiger partial charge in [0.15, 0.2) is 0 Å². The monoisotopic (exact) mass is 253 g/mol. The van der Waals surface area contributed by atoms with Gasteiger partial charge in [0.25, 0.3) is 0 Å². The Morgan fingerprint density at radius 1 is 1.67 bits per heavy atom. The molecule has 2 unspecified atom stereocenters. The van der Waals surface area contributed by atoms with Crippen molar-refractivity contribution in [1.82, 2.24) is 9.80 Å². The lowest BCUT2D eigenvalue weighted by Crippen LogP contribution is -2.77. The predicted octanol–water partition coefficient (Wildman–Crippen LogP) is -0.443. The molecule has 0 saturated carbocycles. The normalized spacial score (nSPS) is 34.5. The zero-order chi connectivity index (χ0) is 13.5. The van der Waals surface area contributed by atoms with Gasteiger partial charge in [-0.15, -0.1) is 0 Å². The number of primary amides is 1. The Kier molecular flexibility index (Phi) is 3.49. The molecule has 2 fully saturated rings. The molecule has 5 heteroatoms. The molecule has 18 heavy (non-hydrogen) atoms. The Bertz CT molecular complexity index is 371. The number of aliphatic hydroxyl groups is 1. The summed E-state index contributed by atoms with van der Waals surface area (Å²) >= 11 is 0. The third-order valence-electron chi connectivity index (χ3n) is 4.53. The van der Waals surface area contributed by atoms with Crippen molar-refractivity contribution >= 4 is 5.91 Å². The highest BCUT2D eigenvalue weighted by atomic mass is 16.3. The molecule has 2 saturated heterocycles. The summed E-state index contributed by atoms with van der Waals surface area (Å²) in [6.07, 6.45) is 2.29. The average molecular weight is 253 g/mol. The van der Waals surface area contributed by atoms with Gasteiger partial charge in [-0.1, -0.05) is 12.2 Å². The van der Waals surface area contributed by atoms with Gasteiger partial charge in [0.05, 0.1) is 18.2 Å². The number of carbonyl (C=O) groups excluding carboxylic acids is 1. The van der Waals surface area contributed by atoms with Gasteiger partial charge in [-0.25, -0.2) is 0 Å². The minimum absolute atomic E-state index is 0.0920. The molecule has 3 atom stereocenters. The maximum absolute atomic E-state index is 11.4. The molecule has 2 heterocycles. The van der Waals surface area contributed by atoms with Crippen LogP contribution in [0.25, 0.3) is 0 Å². The number of rotatable bonds is 4. The molecule has 102 valence electrons. The van der Waals surface area contributed by atoms with Crippen LogP contribution in [-0.4, -0.2) is 65.2 Å². The molecular weight excluding hydrogens is 230 g/mol. The molecule has 1 amide bonds. The number of likely N-dealkylation sites (tertiary alicyclic amines) is 2. The summed E-state index contributed by atoms with van der Waals surface area (Å²) in [6, 6.07) is -0.471. The molecule has 0 aliphatic carbocycles. The summed E-state index contributed by atoms with van der Waals surface area (Å²) in [4.78, 5) is 15.7. The van der Waals surface area contributed by atoms with Gasteiger partial charge >= 0.3 is 0 Å². The molecule has 0 radical (unpaired) electrons. The van der Waals surface area contributed by atoms with Crippen molar-refractivity contribution in [2.24, 2.45) is 5.73 Å². The summed E-state index contributed by atoms with van der Waals surface area (Å²) in [5.41, 5.74) is 6.49. The van der Waals surface area contributed by atoms with E-state index in [2.05, 4.69) is 18.5 Å². The first-order valence-electron chi connectivity index (χ1n) is 6.46.